The van der Waals surface area contributed by atoms with Gasteiger partial charge in [-0.2, -0.15) is 0 Å². The van der Waals surface area contributed by atoms with Gasteiger partial charge in [-0.15, -0.1) is 0 Å². The Morgan fingerprint density at radius 3 is 1.06 bits per heavy atom. The molecule has 0 aromatic carbocycles. The smallest absolute Gasteiger partial charge is 0.220 e. The van der Waals surface area contributed by atoms with Gasteiger partial charge >= 0.3 is 0 Å². The number of allylic oxidation sites excluding steroid dienone is 25. The van der Waals surface area contributed by atoms with E-state index >= 15 is 0 Å². The molecule has 0 fully saturated rings. The largest absolute Gasteiger partial charge is 0.394 e. The molecule has 0 bridgehead atoms. The maximum absolute atomic E-state index is 12.4. The number of unbranched alkanes of at least 4 members (excludes halogenated alkanes) is 15. The molecule has 2 atom stereocenters. The Kier molecular flexibility index (Phi) is 52.0. The first kappa shape index (κ1) is 62.0. The average molecular weight is 906 g/mol. The molecule has 2 unspecified atom stereocenters. The minimum absolute atomic E-state index is 0.110. The number of carbonyl (C=O) groups is 1. The fourth-order valence-electron chi connectivity index (χ4n) is 6.94. The summed E-state index contributed by atoms with van der Waals surface area (Å²) in [7, 11) is 0. The topological polar surface area (TPSA) is 69.6 Å². The lowest BCUT2D eigenvalue weighted by Crippen LogP contribution is -2.45. The van der Waals surface area contributed by atoms with Crippen molar-refractivity contribution in [1.82, 2.24) is 5.32 Å². The van der Waals surface area contributed by atoms with E-state index < -0.39 is 12.1 Å². The van der Waals surface area contributed by atoms with Gasteiger partial charge in [0.25, 0.3) is 0 Å². The molecule has 66 heavy (non-hydrogen) atoms. The minimum atomic E-state index is -0.894. The summed E-state index contributed by atoms with van der Waals surface area (Å²) >= 11 is 0. The number of amides is 1. The summed E-state index contributed by atoms with van der Waals surface area (Å²) in [4.78, 5) is 12.4. The minimum Gasteiger partial charge on any atom is -0.394 e. The van der Waals surface area contributed by atoms with Gasteiger partial charge in [0.15, 0.2) is 0 Å². The van der Waals surface area contributed by atoms with Gasteiger partial charge in [-0.1, -0.05) is 236 Å². The highest BCUT2D eigenvalue weighted by Gasteiger charge is 2.17. The van der Waals surface area contributed by atoms with E-state index in [1.807, 2.05) is 6.08 Å². The molecule has 0 radical (unpaired) electrons. The van der Waals surface area contributed by atoms with Crippen LogP contribution in [0.2, 0.25) is 0 Å². The molecule has 0 heterocycles. The lowest BCUT2D eigenvalue weighted by Gasteiger charge is -2.19. The van der Waals surface area contributed by atoms with E-state index in [-0.39, 0.29) is 12.5 Å². The number of hydrogen-bond donors (Lipinski definition) is 3. The number of carbonyl (C=O) groups excluding carboxylic acids is 1. The molecule has 3 N–H and O–H groups in total. The lowest BCUT2D eigenvalue weighted by atomic mass is 10.1. The number of aliphatic hydroxyl groups is 2. The zero-order valence-corrected chi connectivity index (χ0v) is 42.4. The zero-order chi connectivity index (χ0) is 47.7. The van der Waals surface area contributed by atoms with E-state index in [1.165, 1.54) is 64.2 Å². The predicted octanol–water partition coefficient (Wildman–Crippen LogP) is 17.8. The van der Waals surface area contributed by atoms with Crippen LogP contribution in [0.1, 0.15) is 206 Å². The fourth-order valence-corrected chi connectivity index (χ4v) is 6.94. The Hall–Kier alpha value is -3.99. The Morgan fingerprint density at radius 2 is 0.682 bits per heavy atom. The maximum atomic E-state index is 12.4. The molecule has 4 nitrogen and oxygen atoms in total. The van der Waals surface area contributed by atoms with Crippen LogP contribution in [-0.2, 0) is 4.79 Å². The molecule has 0 aliphatic carbocycles. The summed E-state index contributed by atoms with van der Waals surface area (Å²) in [5.74, 6) is -0.110. The molecule has 370 valence electrons. The van der Waals surface area contributed by atoms with Crippen LogP contribution in [-0.4, -0.2) is 34.9 Å². The van der Waals surface area contributed by atoms with Crippen LogP contribution in [0.25, 0.3) is 0 Å². The third-order valence-electron chi connectivity index (χ3n) is 11.0. The molecule has 1 amide bonds. The summed E-state index contributed by atoms with van der Waals surface area (Å²) in [5, 5.41) is 23.1. The predicted molar refractivity (Wildman–Crippen MR) is 294 cm³/mol. The first-order valence-corrected chi connectivity index (χ1v) is 26.7. The van der Waals surface area contributed by atoms with Crippen molar-refractivity contribution in [3.05, 3.63) is 158 Å². The van der Waals surface area contributed by atoms with Crippen molar-refractivity contribution in [2.75, 3.05) is 6.61 Å². The number of rotatable bonds is 46. The van der Waals surface area contributed by atoms with Gasteiger partial charge < -0.3 is 15.5 Å². The fraction of sp³-hybridized carbons (Fsp3) is 0.565. The van der Waals surface area contributed by atoms with Gasteiger partial charge in [0.1, 0.15) is 0 Å². The maximum Gasteiger partial charge on any atom is 0.220 e. The van der Waals surface area contributed by atoms with Crippen molar-refractivity contribution in [3.63, 3.8) is 0 Å². The highest BCUT2D eigenvalue weighted by molar-refractivity contribution is 5.76. The van der Waals surface area contributed by atoms with E-state index in [2.05, 4.69) is 165 Å². The van der Waals surface area contributed by atoms with E-state index in [0.717, 1.165) is 122 Å². The highest BCUT2D eigenvalue weighted by atomic mass is 16.3. The van der Waals surface area contributed by atoms with Crippen LogP contribution >= 0.6 is 0 Å². The SMILES string of the molecule is CC/C=C\C/C=C\C/C=C\C/C=C\C/C=C\C/C=C\C/C=C\C/C=C\C/C=C\C/C=C\CCCCCCC(=O)NC(CO)C(O)/C=C/CC/C=C/CC/C=C/CCCCCCCCCCC. The van der Waals surface area contributed by atoms with Gasteiger partial charge in [-0.25, -0.2) is 0 Å². The van der Waals surface area contributed by atoms with Crippen LogP contribution in [0, 0.1) is 0 Å². The summed E-state index contributed by atoms with van der Waals surface area (Å²) in [5.41, 5.74) is 0. The Bertz CT molecular complexity index is 1440. The van der Waals surface area contributed by atoms with Crippen molar-refractivity contribution < 1.29 is 15.0 Å². The highest BCUT2D eigenvalue weighted by Crippen LogP contribution is 2.12. The van der Waals surface area contributed by atoms with Crippen molar-refractivity contribution in [2.24, 2.45) is 0 Å². The van der Waals surface area contributed by atoms with E-state index in [1.54, 1.807) is 6.08 Å². The lowest BCUT2D eigenvalue weighted by molar-refractivity contribution is -0.123. The van der Waals surface area contributed by atoms with Crippen LogP contribution < -0.4 is 5.32 Å². The molecule has 4 heteroatoms. The molecule has 0 saturated carbocycles. The third kappa shape index (κ3) is 51.0. The van der Waals surface area contributed by atoms with Gasteiger partial charge in [-0.05, 0) is 122 Å². The molecule has 0 aliphatic heterocycles. The standard InChI is InChI=1S/C62H99NO3/c1-3-5-7-9-11-13-15-17-19-21-23-24-25-26-27-28-29-30-31-32-33-34-35-36-37-38-40-42-44-46-48-50-52-54-56-58-62(66)63-60(59-64)61(65)57-55-53-51-49-47-45-43-41-39-22-20-18-16-14-12-10-8-6-4-2/h5,7,11,13,17,19,23-24,26-27,29-30,32-33,35-36,38-41,44,46-47,49,55,57,60-61,64-65H,3-4,6,8-10,12,14-16,18,20-22,25,28,31,34,37,42-43,45,48,50-54,56,58-59H2,1-2H3,(H,63,66)/b7-5-,13-11-,19-17-,24-23-,27-26-,30-29-,33-32-,36-35-,40-38-,41-39+,46-44-,49-47+,57-55+. The molecule has 0 aromatic heterocycles. The van der Waals surface area contributed by atoms with Crippen molar-refractivity contribution in [1.29, 1.82) is 0 Å². The van der Waals surface area contributed by atoms with Crippen LogP contribution in [0.15, 0.2) is 158 Å². The van der Waals surface area contributed by atoms with Crippen LogP contribution in [0.4, 0.5) is 0 Å². The van der Waals surface area contributed by atoms with Crippen molar-refractivity contribution in [3.8, 4) is 0 Å². The van der Waals surface area contributed by atoms with E-state index in [0.29, 0.717) is 6.42 Å². The van der Waals surface area contributed by atoms with Crippen molar-refractivity contribution >= 4 is 5.91 Å². The second kappa shape index (κ2) is 55.3. The molecule has 0 saturated heterocycles. The summed E-state index contributed by atoms with van der Waals surface area (Å²) in [6, 6.07) is -0.672. The number of aliphatic hydroxyl groups excluding tert-OH is 2. The van der Waals surface area contributed by atoms with Crippen LogP contribution in [0.3, 0.4) is 0 Å². The quantitative estimate of drug-likeness (QED) is 0.0421. The second-order valence-electron chi connectivity index (χ2n) is 17.2. The van der Waals surface area contributed by atoms with Crippen LogP contribution in [0.5, 0.6) is 0 Å². The Balaban J connectivity index is 3.76. The van der Waals surface area contributed by atoms with E-state index in [9.17, 15) is 15.0 Å². The monoisotopic (exact) mass is 906 g/mol. The average Bonchev–Trinajstić information content (AvgIpc) is 3.32. The van der Waals surface area contributed by atoms with Gasteiger partial charge in [0, 0.05) is 6.42 Å². The molecule has 0 rings (SSSR count). The van der Waals surface area contributed by atoms with Gasteiger partial charge in [0.2, 0.25) is 5.91 Å². The number of nitrogens with one attached hydrogen (secondary N) is 1. The van der Waals surface area contributed by atoms with Gasteiger partial charge in [-0.3, -0.25) is 4.79 Å². The zero-order valence-electron chi connectivity index (χ0n) is 42.4. The Labute approximate surface area is 407 Å². The first-order chi connectivity index (χ1) is 32.7. The van der Waals surface area contributed by atoms with Crippen molar-refractivity contribution in [2.45, 2.75) is 219 Å². The van der Waals surface area contributed by atoms with E-state index in [4.69, 9.17) is 0 Å². The second-order valence-corrected chi connectivity index (χ2v) is 17.2. The molecular weight excluding hydrogens is 807 g/mol. The molecular formula is C62H99NO3. The number of hydrogen-bond acceptors (Lipinski definition) is 3. The molecule has 0 aliphatic rings. The normalized spacial score (nSPS) is 14.2. The summed E-state index contributed by atoms with van der Waals surface area (Å²) < 4.78 is 0. The first-order valence-electron chi connectivity index (χ1n) is 26.7. The summed E-state index contributed by atoms with van der Waals surface area (Å²) in [6.45, 7) is 4.15. The molecule has 0 spiro atoms. The summed E-state index contributed by atoms with van der Waals surface area (Å²) in [6.07, 6.45) is 89.5. The Morgan fingerprint density at radius 1 is 0.379 bits per heavy atom. The third-order valence-corrected chi connectivity index (χ3v) is 11.0. The van der Waals surface area contributed by atoms with Gasteiger partial charge in [0.05, 0.1) is 18.8 Å². The molecule has 0 aromatic rings.